The fourth-order valence-electron chi connectivity index (χ4n) is 2.73. The van der Waals surface area contributed by atoms with Gasteiger partial charge in [0.2, 0.25) is 0 Å². The largest absolute Gasteiger partial charge is 0.309 e. The molecule has 2 atom stereocenters. The van der Waals surface area contributed by atoms with E-state index in [1.165, 1.54) is 11.1 Å². The lowest BCUT2D eigenvalue weighted by Gasteiger charge is -2.33. The first-order chi connectivity index (χ1) is 9.74. The van der Waals surface area contributed by atoms with E-state index in [0.29, 0.717) is 12.1 Å². The molecule has 0 radical (unpaired) electrons. The van der Waals surface area contributed by atoms with Gasteiger partial charge in [-0.2, -0.15) is 0 Å². The zero-order valence-corrected chi connectivity index (χ0v) is 12.6. The van der Waals surface area contributed by atoms with Crippen molar-refractivity contribution >= 4 is 0 Å². The summed E-state index contributed by atoms with van der Waals surface area (Å²) in [6.45, 7) is 3.12. The Hall–Kier alpha value is -1.64. The van der Waals surface area contributed by atoms with Crippen molar-refractivity contribution in [2.45, 2.75) is 19.0 Å². The molecule has 0 aliphatic heterocycles. The minimum atomic E-state index is 0.290. The molecule has 1 N–H and O–H groups in total. The van der Waals surface area contributed by atoms with Crippen LogP contribution in [0.5, 0.6) is 0 Å². The Morgan fingerprint density at radius 3 is 1.80 bits per heavy atom. The molecule has 0 aliphatic rings. The third kappa shape index (κ3) is 3.47. The van der Waals surface area contributed by atoms with Crippen molar-refractivity contribution in [1.82, 2.24) is 10.2 Å². The molecule has 0 fully saturated rings. The van der Waals surface area contributed by atoms with E-state index in [1.54, 1.807) is 0 Å². The molecular weight excluding hydrogens is 244 g/mol. The second-order valence-corrected chi connectivity index (χ2v) is 5.27. The van der Waals surface area contributed by atoms with E-state index < -0.39 is 0 Å². The third-order valence-electron chi connectivity index (χ3n) is 3.60. The molecule has 2 aromatic carbocycles. The van der Waals surface area contributed by atoms with Crippen LogP contribution in [0.1, 0.15) is 30.1 Å². The summed E-state index contributed by atoms with van der Waals surface area (Å²) in [6, 6.07) is 22.0. The van der Waals surface area contributed by atoms with Crippen molar-refractivity contribution in [3.8, 4) is 0 Å². The molecule has 2 heteroatoms. The summed E-state index contributed by atoms with van der Waals surface area (Å²) in [7, 11) is 4.29. The lowest BCUT2D eigenvalue weighted by molar-refractivity contribution is 0.234. The zero-order chi connectivity index (χ0) is 14.4. The summed E-state index contributed by atoms with van der Waals surface area (Å²) in [5.41, 5.74) is 2.67. The fraction of sp³-hybridized carbons (Fsp3) is 0.333. The van der Waals surface area contributed by atoms with Gasteiger partial charge in [-0.05, 0) is 31.8 Å². The molecule has 0 aliphatic carbocycles. The molecule has 0 bridgehead atoms. The summed E-state index contributed by atoms with van der Waals surface area (Å²) >= 11 is 0. The average Bonchev–Trinajstić information content (AvgIpc) is 2.48. The predicted molar refractivity (Wildman–Crippen MR) is 85.7 cm³/mol. The van der Waals surface area contributed by atoms with E-state index >= 15 is 0 Å². The van der Waals surface area contributed by atoms with Gasteiger partial charge >= 0.3 is 0 Å². The second kappa shape index (κ2) is 7.22. The predicted octanol–water partition coefficient (Wildman–Crippen LogP) is 3.64. The summed E-state index contributed by atoms with van der Waals surface area (Å²) in [6.07, 6.45) is 0. The highest BCUT2D eigenvalue weighted by molar-refractivity contribution is 5.27. The van der Waals surface area contributed by atoms with E-state index in [-0.39, 0.29) is 0 Å². The molecule has 2 aromatic rings. The molecule has 2 unspecified atom stereocenters. The Morgan fingerprint density at radius 1 is 0.850 bits per heavy atom. The molecule has 0 aromatic heterocycles. The molecule has 20 heavy (non-hydrogen) atoms. The van der Waals surface area contributed by atoms with Gasteiger partial charge in [0, 0.05) is 0 Å². The average molecular weight is 268 g/mol. The van der Waals surface area contributed by atoms with Gasteiger partial charge in [0.1, 0.15) is 0 Å². The van der Waals surface area contributed by atoms with Gasteiger partial charge in [0.25, 0.3) is 0 Å². The number of nitrogens with zero attached hydrogens (tertiary/aromatic N) is 1. The van der Waals surface area contributed by atoms with Crippen molar-refractivity contribution in [3.05, 3.63) is 71.8 Å². The summed E-state index contributed by atoms with van der Waals surface area (Å²) < 4.78 is 0. The Bertz CT molecular complexity index is 493. The number of hydrogen-bond acceptors (Lipinski definition) is 2. The minimum absolute atomic E-state index is 0.290. The number of benzene rings is 2. The Kier molecular flexibility index (Phi) is 5.33. The van der Waals surface area contributed by atoms with Crippen LogP contribution < -0.4 is 5.32 Å². The van der Waals surface area contributed by atoms with Crippen molar-refractivity contribution in [2.24, 2.45) is 0 Å². The van der Waals surface area contributed by atoms with Gasteiger partial charge in [0.05, 0.1) is 12.1 Å². The molecule has 0 heterocycles. The van der Waals surface area contributed by atoms with Crippen molar-refractivity contribution in [1.29, 1.82) is 0 Å². The van der Waals surface area contributed by atoms with Gasteiger partial charge in [0.15, 0.2) is 0 Å². The normalized spacial score (nSPS) is 14.2. The SMILES string of the molecule is CCNC(c1ccccc1)C(c1ccccc1)N(C)C. The van der Waals surface area contributed by atoms with E-state index in [2.05, 4.69) is 91.9 Å². The molecular formula is C18H24N2. The zero-order valence-electron chi connectivity index (χ0n) is 12.6. The summed E-state index contributed by atoms with van der Waals surface area (Å²) in [5, 5.41) is 3.64. The Balaban J connectivity index is 2.38. The highest BCUT2D eigenvalue weighted by Gasteiger charge is 2.25. The summed E-state index contributed by atoms with van der Waals surface area (Å²) in [5.74, 6) is 0. The van der Waals surface area contributed by atoms with Crippen LogP contribution in [0, 0.1) is 0 Å². The van der Waals surface area contributed by atoms with Gasteiger partial charge in [-0.3, -0.25) is 0 Å². The van der Waals surface area contributed by atoms with Gasteiger partial charge in [-0.1, -0.05) is 67.6 Å². The van der Waals surface area contributed by atoms with Crippen molar-refractivity contribution in [3.63, 3.8) is 0 Å². The molecule has 2 rings (SSSR count). The maximum absolute atomic E-state index is 3.64. The second-order valence-electron chi connectivity index (χ2n) is 5.27. The van der Waals surface area contributed by atoms with E-state index in [1.807, 2.05) is 0 Å². The monoisotopic (exact) mass is 268 g/mol. The number of nitrogens with one attached hydrogen (secondary N) is 1. The molecule has 0 spiro atoms. The topological polar surface area (TPSA) is 15.3 Å². The quantitative estimate of drug-likeness (QED) is 0.860. The minimum Gasteiger partial charge on any atom is -0.309 e. The Labute approximate surface area is 122 Å². The van der Waals surface area contributed by atoms with Crippen LogP contribution in [0.3, 0.4) is 0 Å². The van der Waals surface area contributed by atoms with Crippen LogP contribution in [0.15, 0.2) is 60.7 Å². The molecule has 0 saturated carbocycles. The third-order valence-corrected chi connectivity index (χ3v) is 3.60. The van der Waals surface area contributed by atoms with Gasteiger partial charge in [-0.25, -0.2) is 0 Å². The first-order valence-corrected chi connectivity index (χ1v) is 7.23. The first-order valence-electron chi connectivity index (χ1n) is 7.23. The smallest absolute Gasteiger partial charge is 0.0538 e. The molecule has 0 saturated heterocycles. The highest BCUT2D eigenvalue weighted by atomic mass is 15.1. The molecule has 2 nitrogen and oxygen atoms in total. The number of likely N-dealkylation sites (N-methyl/N-ethyl adjacent to an activating group) is 2. The lowest BCUT2D eigenvalue weighted by Crippen LogP contribution is -2.34. The van der Waals surface area contributed by atoms with Crippen LogP contribution >= 0.6 is 0 Å². The Morgan fingerprint density at radius 2 is 1.35 bits per heavy atom. The molecule has 106 valence electrons. The van der Waals surface area contributed by atoms with Crippen LogP contribution in [0.2, 0.25) is 0 Å². The standard InChI is InChI=1S/C18H24N2/c1-4-19-17(15-11-7-5-8-12-15)18(20(2)3)16-13-9-6-10-14-16/h5-14,17-19H,4H2,1-3H3. The van der Waals surface area contributed by atoms with Crippen molar-refractivity contribution < 1.29 is 0 Å². The van der Waals surface area contributed by atoms with Crippen LogP contribution in [0.4, 0.5) is 0 Å². The van der Waals surface area contributed by atoms with Crippen LogP contribution in [0.25, 0.3) is 0 Å². The maximum Gasteiger partial charge on any atom is 0.0538 e. The van der Waals surface area contributed by atoms with E-state index in [4.69, 9.17) is 0 Å². The lowest BCUT2D eigenvalue weighted by atomic mass is 9.92. The first kappa shape index (κ1) is 14.8. The van der Waals surface area contributed by atoms with E-state index in [0.717, 1.165) is 6.54 Å². The fourth-order valence-corrected chi connectivity index (χ4v) is 2.73. The van der Waals surface area contributed by atoms with Crippen LogP contribution in [-0.4, -0.2) is 25.5 Å². The number of hydrogen-bond donors (Lipinski definition) is 1. The van der Waals surface area contributed by atoms with Crippen LogP contribution in [-0.2, 0) is 0 Å². The van der Waals surface area contributed by atoms with E-state index in [9.17, 15) is 0 Å². The van der Waals surface area contributed by atoms with Gasteiger partial charge in [-0.15, -0.1) is 0 Å². The highest BCUT2D eigenvalue weighted by Crippen LogP contribution is 2.32. The van der Waals surface area contributed by atoms with Gasteiger partial charge < -0.3 is 10.2 Å². The maximum atomic E-state index is 3.64. The molecule has 0 amide bonds. The summed E-state index contributed by atoms with van der Waals surface area (Å²) in [4.78, 5) is 2.29. The number of rotatable bonds is 6. The van der Waals surface area contributed by atoms with Crippen molar-refractivity contribution in [2.75, 3.05) is 20.6 Å².